The van der Waals surface area contributed by atoms with Crippen LogP contribution in [0.4, 0.5) is 5.69 Å². The molecule has 1 saturated heterocycles. The molecule has 1 fully saturated rings. The number of halogens is 1. The Morgan fingerprint density at radius 3 is 2.81 bits per heavy atom. The molecule has 0 saturated carbocycles. The number of guanidine groups is 1. The Morgan fingerprint density at radius 1 is 1.22 bits per heavy atom. The summed E-state index contributed by atoms with van der Waals surface area (Å²) in [4.78, 5) is 31.9. The molecule has 0 bridgehead atoms. The largest absolute Gasteiger partial charge is 0.461 e. The number of fused-ring (bicyclic) bond motifs is 1. The van der Waals surface area contributed by atoms with Crippen LogP contribution in [0, 0.1) is 18.4 Å². The van der Waals surface area contributed by atoms with E-state index in [4.69, 9.17) is 4.42 Å². The molecule has 1 atom stereocenters. The fourth-order valence-electron chi connectivity index (χ4n) is 4.28. The van der Waals surface area contributed by atoms with Crippen LogP contribution in [0.25, 0.3) is 11.0 Å². The molecule has 10 heteroatoms. The number of nitrogens with zero attached hydrogens (tertiary/aromatic N) is 3. The lowest BCUT2D eigenvalue weighted by Crippen LogP contribution is -2.44. The van der Waals surface area contributed by atoms with Gasteiger partial charge in [0.15, 0.2) is 6.19 Å². The number of nitriles is 1. The zero-order chi connectivity index (χ0) is 26.2. The maximum absolute atomic E-state index is 13.3. The first-order valence-electron chi connectivity index (χ1n) is 12.2. The van der Waals surface area contributed by atoms with Crippen LogP contribution in [-0.4, -0.2) is 48.3 Å². The van der Waals surface area contributed by atoms with Gasteiger partial charge in [-0.25, -0.2) is 4.99 Å². The molecule has 1 aliphatic rings. The summed E-state index contributed by atoms with van der Waals surface area (Å²) < 4.78 is 6.62. The Bertz CT molecular complexity index is 1330. The Morgan fingerprint density at radius 2 is 2.03 bits per heavy atom. The second-order valence-corrected chi connectivity index (χ2v) is 9.86. The quantitative estimate of drug-likeness (QED) is 0.172. The first-order valence-corrected chi connectivity index (χ1v) is 13.0. The van der Waals surface area contributed by atoms with Gasteiger partial charge in [0.2, 0.25) is 17.8 Å². The molecule has 1 aromatic heterocycles. The summed E-state index contributed by atoms with van der Waals surface area (Å²) in [6, 6.07) is 14.7. The second-order valence-electron chi connectivity index (χ2n) is 8.95. The monoisotopic (exact) mass is 564 g/mol. The number of hydrogen-bond acceptors (Lipinski definition) is 5. The van der Waals surface area contributed by atoms with Gasteiger partial charge < -0.3 is 20.0 Å². The number of aryl methyl sites for hydroxylation is 1. The summed E-state index contributed by atoms with van der Waals surface area (Å²) in [7, 11) is 0. The van der Waals surface area contributed by atoms with E-state index in [0.717, 1.165) is 39.6 Å². The van der Waals surface area contributed by atoms with E-state index in [1.807, 2.05) is 61.6 Å². The highest BCUT2D eigenvalue weighted by Gasteiger charge is 2.28. The van der Waals surface area contributed by atoms with Gasteiger partial charge in [0.25, 0.3) is 0 Å². The van der Waals surface area contributed by atoms with E-state index in [2.05, 4.69) is 36.9 Å². The van der Waals surface area contributed by atoms with Crippen LogP contribution in [-0.2, 0) is 16.0 Å². The van der Waals surface area contributed by atoms with Crippen LogP contribution in [0.5, 0.6) is 0 Å². The van der Waals surface area contributed by atoms with Crippen molar-refractivity contribution in [2.45, 2.75) is 38.6 Å². The number of likely N-dealkylation sites (tertiary alicyclic amines) is 1. The van der Waals surface area contributed by atoms with Crippen LogP contribution < -0.4 is 16.0 Å². The fourth-order valence-corrected chi connectivity index (χ4v) is 4.55. The summed E-state index contributed by atoms with van der Waals surface area (Å²) in [5.74, 6) is 0.562. The average molecular weight is 565 g/mol. The molecule has 0 radical (unpaired) electrons. The Labute approximate surface area is 224 Å². The second kappa shape index (κ2) is 12.4. The summed E-state index contributed by atoms with van der Waals surface area (Å²) >= 11 is 3.41. The Hall–Kier alpha value is -3.84. The van der Waals surface area contributed by atoms with Crippen molar-refractivity contribution in [2.24, 2.45) is 4.99 Å². The molecule has 2 amide bonds. The first kappa shape index (κ1) is 26.2. The van der Waals surface area contributed by atoms with Crippen LogP contribution in [0.15, 0.2) is 62.4 Å². The molecule has 37 heavy (non-hydrogen) atoms. The summed E-state index contributed by atoms with van der Waals surface area (Å²) in [6.07, 6.45) is 4.71. The molecule has 0 spiro atoms. The van der Waals surface area contributed by atoms with Crippen molar-refractivity contribution in [2.75, 3.05) is 25.0 Å². The average Bonchev–Trinajstić information content (AvgIpc) is 3.16. The van der Waals surface area contributed by atoms with Crippen LogP contribution in [0.3, 0.4) is 0 Å². The lowest BCUT2D eigenvalue weighted by Gasteiger charge is -2.22. The van der Waals surface area contributed by atoms with Gasteiger partial charge in [0.05, 0.1) is 6.54 Å². The minimum Gasteiger partial charge on any atom is -0.461 e. The molecule has 4 rings (SSSR count). The number of hydrogen-bond donors (Lipinski definition) is 3. The standard InChI is InChI=1S/C27H29BrN6O3/c1-18-14-20-15-22(9-10-24(20)37-18)32-27(31-17-29)33-23-4-2-3-13-34(26(23)36)16-25(35)30-12-11-19-5-7-21(28)8-6-19/h5-10,14-15,23H,2-4,11-13,16H2,1H3,(H,30,35)(H2,31,32,33)/t23-/m0/s1. The zero-order valence-corrected chi connectivity index (χ0v) is 22.2. The number of carbonyl (C=O) groups excluding carboxylic acids is 2. The van der Waals surface area contributed by atoms with Crippen molar-refractivity contribution in [3.8, 4) is 6.19 Å². The van der Waals surface area contributed by atoms with E-state index >= 15 is 0 Å². The first-order chi connectivity index (χ1) is 17.9. The Balaban J connectivity index is 1.38. The number of amides is 2. The van der Waals surface area contributed by atoms with Crippen molar-refractivity contribution < 1.29 is 14.0 Å². The van der Waals surface area contributed by atoms with Gasteiger partial charge in [-0.15, -0.1) is 0 Å². The van der Waals surface area contributed by atoms with E-state index in [9.17, 15) is 14.9 Å². The number of benzene rings is 2. The maximum Gasteiger partial charge on any atom is 0.247 e. The van der Waals surface area contributed by atoms with E-state index in [0.29, 0.717) is 31.6 Å². The number of nitrogens with one attached hydrogen (secondary N) is 3. The Kier molecular flexibility index (Phi) is 8.80. The molecule has 2 aromatic carbocycles. The summed E-state index contributed by atoms with van der Waals surface area (Å²) in [5.41, 5.74) is 2.59. The highest BCUT2D eigenvalue weighted by molar-refractivity contribution is 9.10. The topological polar surface area (TPSA) is 123 Å². The van der Waals surface area contributed by atoms with Gasteiger partial charge >= 0.3 is 0 Å². The van der Waals surface area contributed by atoms with E-state index in [-0.39, 0.29) is 24.3 Å². The lowest BCUT2D eigenvalue weighted by molar-refractivity contribution is -0.136. The third kappa shape index (κ3) is 7.33. The van der Waals surface area contributed by atoms with Crippen molar-refractivity contribution in [1.29, 1.82) is 5.26 Å². The molecule has 0 unspecified atom stereocenters. The smallest absolute Gasteiger partial charge is 0.247 e. The maximum atomic E-state index is 13.3. The zero-order valence-electron chi connectivity index (χ0n) is 20.6. The molecular weight excluding hydrogens is 536 g/mol. The van der Waals surface area contributed by atoms with E-state index in [1.54, 1.807) is 4.90 Å². The van der Waals surface area contributed by atoms with Crippen molar-refractivity contribution in [3.63, 3.8) is 0 Å². The summed E-state index contributed by atoms with van der Waals surface area (Å²) in [5, 5.41) is 18.7. The predicted octanol–water partition coefficient (Wildman–Crippen LogP) is 4.08. The number of carbonyl (C=O) groups is 2. The molecule has 2 heterocycles. The molecule has 9 nitrogen and oxygen atoms in total. The minimum absolute atomic E-state index is 0.0177. The number of aliphatic imine (C=N–C) groups is 1. The van der Waals surface area contributed by atoms with Crippen LogP contribution in [0.2, 0.25) is 0 Å². The molecule has 0 aliphatic carbocycles. The predicted molar refractivity (Wildman–Crippen MR) is 146 cm³/mol. The third-order valence-electron chi connectivity index (χ3n) is 6.10. The number of furan rings is 1. The molecule has 192 valence electrons. The molecule has 3 aromatic rings. The van der Waals surface area contributed by atoms with Gasteiger partial charge in [-0.05, 0) is 74.6 Å². The number of anilines is 1. The fraction of sp³-hybridized carbons (Fsp3) is 0.333. The third-order valence-corrected chi connectivity index (χ3v) is 6.63. The summed E-state index contributed by atoms with van der Waals surface area (Å²) in [6.45, 7) is 2.85. The normalized spacial score (nSPS) is 16.2. The van der Waals surface area contributed by atoms with Gasteiger partial charge in [0.1, 0.15) is 17.4 Å². The van der Waals surface area contributed by atoms with Gasteiger partial charge in [0, 0.05) is 28.6 Å². The van der Waals surface area contributed by atoms with Crippen molar-refractivity contribution in [3.05, 3.63) is 64.3 Å². The minimum atomic E-state index is -0.693. The van der Waals surface area contributed by atoms with Gasteiger partial charge in [-0.3, -0.25) is 14.9 Å². The molecular formula is C27H29BrN6O3. The van der Waals surface area contributed by atoms with E-state index in [1.165, 1.54) is 0 Å². The van der Waals surface area contributed by atoms with Gasteiger partial charge in [-0.2, -0.15) is 5.26 Å². The van der Waals surface area contributed by atoms with E-state index < -0.39 is 6.04 Å². The highest BCUT2D eigenvalue weighted by atomic mass is 79.9. The number of rotatable bonds is 7. The van der Waals surface area contributed by atoms with Crippen molar-refractivity contribution in [1.82, 2.24) is 15.5 Å². The van der Waals surface area contributed by atoms with Crippen LogP contribution >= 0.6 is 15.9 Å². The SMILES string of the molecule is Cc1cc2cc(NC(=N[C@H]3CCCCN(CC(=O)NCCc4ccc(Br)cc4)C3=O)NC#N)ccc2o1. The van der Waals surface area contributed by atoms with Gasteiger partial charge in [-0.1, -0.05) is 28.1 Å². The lowest BCUT2D eigenvalue weighted by atomic mass is 10.1. The molecule has 3 N–H and O–H groups in total. The highest BCUT2D eigenvalue weighted by Crippen LogP contribution is 2.23. The van der Waals surface area contributed by atoms with Crippen molar-refractivity contribution >= 4 is 50.4 Å². The van der Waals surface area contributed by atoms with Crippen LogP contribution in [0.1, 0.15) is 30.6 Å². The molecule has 1 aliphatic heterocycles.